The highest BCUT2D eigenvalue weighted by atomic mass is 35.5. The van der Waals surface area contributed by atoms with Crippen LogP contribution >= 0.6 is 11.6 Å². The van der Waals surface area contributed by atoms with Crippen molar-refractivity contribution in [2.75, 3.05) is 31.9 Å². The number of piperazine rings is 1. The summed E-state index contributed by atoms with van der Waals surface area (Å²) in [4.78, 5) is 14.7. The van der Waals surface area contributed by atoms with Crippen LogP contribution in [0.2, 0.25) is 5.02 Å². The first-order chi connectivity index (χ1) is 12.1. The van der Waals surface area contributed by atoms with Crippen molar-refractivity contribution in [3.05, 3.63) is 41.4 Å². The Bertz CT molecular complexity index is 979. The second-order valence-electron chi connectivity index (χ2n) is 6.02. The summed E-state index contributed by atoms with van der Waals surface area (Å²) in [5, 5.41) is 5.57. The van der Waals surface area contributed by atoms with Crippen molar-refractivity contribution in [1.29, 1.82) is 0 Å². The van der Waals surface area contributed by atoms with E-state index in [2.05, 4.69) is 5.32 Å². The Morgan fingerprint density at radius 2 is 1.80 bits per heavy atom. The molecule has 1 fully saturated rings. The summed E-state index contributed by atoms with van der Waals surface area (Å²) in [6.07, 6.45) is 0. The first-order valence-corrected chi connectivity index (χ1v) is 9.80. The fourth-order valence-electron chi connectivity index (χ4n) is 3.07. The molecular formula is C18H17ClN2O3S. The molecule has 0 saturated carbocycles. The van der Waals surface area contributed by atoms with Gasteiger partial charge in [-0.05, 0) is 36.4 Å². The summed E-state index contributed by atoms with van der Waals surface area (Å²) in [6.45, 7) is 2.90. The molecule has 1 unspecified atom stereocenters. The smallest absolute Gasteiger partial charge is 0.235 e. The van der Waals surface area contributed by atoms with E-state index in [-0.39, 0.29) is 11.7 Å². The molecule has 1 amide bonds. The second kappa shape index (κ2) is 6.78. The van der Waals surface area contributed by atoms with Gasteiger partial charge in [-0.2, -0.15) is 0 Å². The van der Waals surface area contributed by atoms with Crippen molar-refractivity contribution >= 4 is 50.2 Å². The third kappa shape index (κ3) is 3.29. The zero-order chi connectivity index (χ0) is 17.4. The predicted octanol–water partition coefficient (Wildman–Crippen LogP) is 2.78. The van der Waals surface area contributed by atoms with Gasteiger partial charge in [0.1, 0.15) is 16.9 Å². The molecule has 0 spiro atoms. The second-order valence-corrected chi connectivity index (χ2v) is 7.91. The highest BCUT2D eigenvalue weighted by molar-refractivity contribution is 7.85. The van der Waals surface area contributed by atoms with Gasteiger partial charge in [-0.25, -0.2) is 0 Å². The van der Waals surface area contributed by atoms with E-state index in [1.807, 2.05) is 18.2 Å². The third-order valence-corrected chi connectivity index (χ3v) is 5.91. The number of halogens is 1. The van der Waals surface area contributed by atoms with Crippen molar-refractivity contribution in [1.82, 2.24) is 10.2 Å². The number of nitrogens with one attached hydrogen (secondary N) is 1. The van der Waals surface area contributed by atoms with E-state index in [1.54, 1.807) is 23.1 Å². The number of rotatable bonds is 3. The van der Waals surface area contributed by atoms with Crippen LogP contribution in [-0.2, 0) is 15.6 Å². The van der Waals surface area contributed by atoms with Crippen molar-refractivity contribution in [3.8, 4) is 0 Å². The van der Waals surface area contributed by atoms with Gasteiger partial charge < -0.3 is 14.6 Å². The van der Waals surface area contributed by atoms with Gasteiger partial charge >= 0.3 is 0 Å². The monoisotopic (exact) mass is 376 g/mol. The molecule has 2 aromatic carbocycles. The van der Waals surface area contributed by atoms with E-state index in [4.69, 9.17) is 16.0 Å². The molecule has 2 heterocycles. The van der Waals surface area contributed by atoms with Gasteiger partial charge in [0.05, 0.1) is 10.8 Å². The highest BCUT2D eigenvalue weighted by Crippen LogP contribution is 2.32. The van der Waals surface area contributed by atoms with Crippen LogP contribution in [0, 0.1) is 0 Å². The lowest BCUT2D eigenvalue weighted by molar-refractivity contribution is -0.128. The van der Waals surface area contributed by atoms with Gasteiger partial charge in [-0.3, -0.25) is 9.00 Å². The lowest BCUT2D eigenvalue weighted by Crippen LogP contribution is -2.47. The minimum Gasteiger partial charge on any atom is -0.456 e. The number of carbonyl (C=O) groups excluding carboxylic acids is 1. The molecule has 1 aromatic heterocycles. The molecule has 1 N–H and O–H groups in total. The van der Waals surface area contributed by atoms with Crippen molar-refractivity contribution < 1.29 is 13.4 Å². The number of nitrogens with zero attached hydrogens (tertiary/aromatic N) is 1. The SMILES string of the molecule is O=C(CS(=O)c1ccc2oc3ccc(Cl)cc3c2c1)N1CCNCC1. The van der Waals surface area contributed by atoms with Gasteiger partial charge in [0.15, 0.2) is 0 Å². The van der Waals surface area contributed by atoms with Crippen LogP contribution in [0.5, 0.6) is 0 Å². The molecule has 130 valence electrons. The Balaban J connectivity index is 1.62. The molecule has 1 saturated heterocycles. The molecule has 7 heteroatoms. The normalized spacial score (nSPS) is 16.4. The number of hydrogen-bond donors (Lipinski definition) is 1. The molecule has 25 heavy (non-hydrogen) atoms. The molecule has 1 atom stereocenters. The summed E-state index contributed by atoms with van der Waals surface area (Å²) >= 11 is 6.08. The zero-order valence-corrected chi connectivity index (χ0v) is 15.0. The standard InChI is InChI=1S/C18H17ClN2O3S/c19-12-1-3-16-14(9-12)15-10-13(2-4-17(15)24-16)25(23)11-18(22)21-7-5-20-6-8-21/h1-4,9-10,20H,5-8,11H2. The lowest BCUT2D eigenvalue weighted by Gasteiger charge is -2.27. The molecule has 4 rings (SSSR count). The fraction of sp³-hybridized carbons (Fsp3) is 0.278. The van der Waals surface area contributed by atoms with Crippen LogP contribution in [0.25, 0.3) is 21.9 Å². The van der Waals surface area contributed by atoms with E-state index in [0.29, 0.717) is 28.6 Å². The number of hydrogen-bond acceptors (Lipinski definition) is 4. The molecule has 0 radical (unpaired) electrons. The first-order valence-electron chi connectivity index (χ1n) is 8.10. The lowest BCUT2D eigenvalue weighted by atomic mass is 10.1. The Hall–Kier alpha value is -1.89. The Labute approximate surface area is 152 Å². The van der Waals surface area contributed by atoms with Gasteiger partial charge in [0.25, 0.3) is 0 Å². The summed E-state index contributed by atoms with van der Waals surface area (Å²) in [5.41, 5.74) is 1.45. The van der Waals surface area contributed by atoms with E-state index >= 15 is 0 Å². The van der Waals surface area contributed by atoms with Gasteiger partial charge in [-0.15, -0.1) is 0 Å². The largest absolute Gasteiger partial charge is 0.456 e. The number of amides is 1. The Kier molecular flexibility index (Phi) is 4.50. The van der Waals surface area contributed by atoms with E-state index < -0.39 is 10.8 Å². The van der Waals surface area contributed by atoms with Gasteiger partial charge in [-0.1, -0.05) is 11.6 Å². The average Bonchev–Trinajstić information content (AvgIpc) is 2.99. The van der Waals surface area contributed by atoms with Crippen LogP contribution in [-0.4, -0.2) is 46.9 Å². The van der Waals surface area contributed by atoms with Crippen LogP contribution in [0.3, 0.4) is 0 Å². The number of fused-ring (bicyclic) bond motifs is 3. The third-order valence-electron chi connectivity index (χ3n) is 4.39. The number of carbonyl (C=O) groups is 1. The molecule has 0 aliphatic carbocycles. The maximum Gasteiger partial charge on any atom is 0.235 e. The van der Waals surface area contributed by atoms with Crippen LogP contribution in [0.1, 0.15) is 0 Å². The number of benzene rings is 2. The fourth-order valence-corrected chi connectivity index (χ4v) is 4.29. The maximum atomic E-state index is 12.7. The predicted molar refractivity (Wildman–Crippen MR) is 99.5 cm³/mol. The molecule has 1 aliphatic rings. The van der Waals surface area contributed by atoms with Crippen LogP contribution < -0.4 is 5.32 Å². The molecule has 1 aliphatic heterocycles. The van der Waals surface area contributed by atoms with Crippen molar-refractivity contribution in [2.24, 2.45) is 0 Å². The zero-order valence-electron chi connectivity index (χ0n) is 13.5. The Morgan fingerprint density at radius 3 is 2.56 bits per heavy atom. The summed E-state index contributed by atoms with van der Waals surface area (Å²) in [7, 11) is -1.39. The maximum absolute atomic E-state index is 12.7. The molecule has 3 aromatic rings. The minimum atomic E-state index is -1.39. The highest BCUT2D eigenvalue weighted by Gasteiger charge is 2.20. The summed E-state index contributed by atoms with van der Waals surface area (Å²) in [6, 6.07) is 10.8. The van der Waals surface area contributed by atoms with E-state index in [1.165, 1.54) is 0 Å². The topological polar surface area (TPSA) is 62.6 Å². The molecular weight excluding hydrogens is 360 g/mol. The van der Waals surface area contributed by atoms with Crippen molar-refractivity contribution in [3.63, 3.8) is 0 Å². The summed E-state index contributed by atoms with van der Waals surface area (Å²) < 4.78 is 18.4. The molecule has 5 nitrogen and oxygen atoms in total. The van der Waals surface area contributed by atoms with Crippen molar-refractivity contribution in [2.45, 2.75) is 4.90 Å². The van der Waals surface area contributed by atoms with Crippen LogP contribution in [0.4, 0.5) is 0 Å². The quantitative estimate of drug-likeness (QED) is 0.763. The summed E-state index contributed by atoms with van der Waals surface area (Å²) in [5.74, 6) is -0.0674. The average molecular weight is 377 g/mol. The van der Waals surface area contributed by atoms with Crippen LogP contribution in [0.15, 0.2) is 45.7 Å². The Morgan fingerprint density at radius 1 is 1.12 bits per heavy atom. The molecule has 0 bridgehead atoms. The minimum absolute atomic E-state index is 0.00203. The van der Waals surface area contributed by atoms with Gasteiger partial charge in [0.2, 0.25) is 5.91 Å². The van der Waals surface area contributed by atoms with E-state index in [0.717, 1.165) is 29.4 Å². The van der Waals surface area contributed by atoms with Gasteiger partial charge in [0, 0.05) is 46.9 Å². The first kappa shape index (κ1) is 16.6. The van der Waals surface area contributed by atoms with E-state index in [9.17, 15) is 9.00 Å². The number of furan rings is 1.